The summed E-state index contributed by atoms with van der Waals surface area (Å²) in [4.78, 5) is 16.1. The standard InChI is InChI=1S/C13H26N2O3/c1-4-17-9-10-18-11-13(16)15-7-5-14(6-8-15)12(2)3/h12H,4-11H2,1-3H3. The van der Waals surface area contributed by atoms with Crippen LogP contribution < -0.4 is 0 Å². The van der Waals surface area contributed by atoms with Gasteiger partial charge in [-0.15, -0.1) is 0 Å². The van der Waals surface area contributed by atoms with Gasteiger partial charge in [0.2, 0.25) is 5.91 Å². The van der Waals surface area contributed by atoms with E-state index >= 15 is 0 Å². The molecule has 1 rings (SSSR count). The molecule has 106 valence electrons. The van der Waals surface area contributed by atoms with E-state index in [4.69, 9.17) is 9.47 Å². The van der Waals surface area contributed by atoms with Gasteiger partial charge in [0, 0.05) is 38.8 Å². The zero-order valence-electron chi connectivity index (χ0n) is 11.9. The number of hydrogen-bond donors (Lipinski definition) is 0. The van der Waals surface area contributed by atoms with E-state index in [-0.39, 0.29) is 12.5 Å². The first kappa shape index (κ1) is 15.4. The number of carbonyl (C=O) groups is 1. The summed E-state index contributed by atoms with van der Waals surface area (Å²) in [6.07, 6.45) is 0. The number of hydrogen-bond acceptors (Lipinski definition) is 4. The molecule has 0 spiro atoms. The Morgan fingerprint density at radius 2 is 1.72 bits per heavy atom. The van der Waals surface area contributed by atoms with E-state index in [1.54, 1.807) is 0 Å². The Bertz CT molecular complexity index is 238. The SMILES string of the molecule is CCOCCOCC(=O)N1CCN(C(C)C)CC1. The minimum atomic E-state index is 0.0925. The number of ether oxygens (including phenoxy) is 2. The lowest BCUT2D eigenvalue weighted by Gasteiger charge is -2.36. The normalized spacial score (nSPS) is 17.4. The molecule has 0 saturated carbocycles. The van der Waals surface area contributed by atoms with Gasteiger partial charge in [0.1, 0.15) is 6.61 Å². The molecule has 5 nitrogen and oxygen atoms in total. The van der Waals surface area contributed by atoms with Crippen LogP contribution in [-0.2, 0) is 14.3 Å². The second kappa shape index (κ2) is 8.45. The van der Waals surface area contributed by atoms with Gasteiger partial charge in [0.25, 0.3) is 0 Å². The smallest absolute Gasteiger partial charge is 0.248 e. The van der Waals surface area contributed by atoms with E-state index in [1.807, 2.05) is 11.8 Å². The molecule has 0 atom stereocenters. The molecule has 1 aliphatic rings. The topological polar surface area (TPSA) is 42.0 Å². The number of piperazine rings is 1. The van der Waals surface area contributed by atoms with Crippen molar-refractivity contribution in [2.24, 2.45) is 0 Å². The zero-order valence-corrected chi connectivity index (χ0v) is 11.9. The molecule has 0 aromatic carbocycles. The van der Waals surface area contributed by atoms with Gasteiger partial charge in [0.05, 0.1) is 13.2 Å². The van der Waals surface area contributed by atoms with Crippen molar-refractivity contribution in [3.8, 4) is 0 Å². The number of amides is 1. The van der Waals surface area contributed by atoms with Crippen molar-refractivity contribution in [2.45, 2.75) is 26.8 Å². The highest BCUT2D eigenvalue weighted by atomic mass is 16.5. The van der Waals surface area contributed by atoms with Crippen LogP contribution in [0.1, 0.15) is 20.8 Å². The highest BCUT2D eigenvalue weighted by molar-refractivity contribution is 5.77. The van der Waals surface area contributed by atoms with Crippen molar-refractivity contribution in [1.82, 2.24) is 9.80 Å². The third kappa shape index (κ3) is 5.33. The number of rotatable bonds is 7. The van der Waals surface area contributed by atoms with E-state index in [1.165, 1.54) is 0 Å². The van der Waals surface area contributed by atoms with Gasteiger partial charge in [-0.1, -0.05) is 0 Å². The largest absolute Gasteiger partial charge is 0.379 e. The van der Waals surface area contributed by atoms with Crippen LogP contribution in [0.5, 0.6) is 0 Å². The molecule has 1 saturated heterocycles. The molecule has 18 heavy (non-hydrogen) atoms. The predicted octanol–water partition coefficient (Wildman–Crippen LogP) is 0.592. The Hall–Kier alpha value is -0.650. The van der Waals surface area contributed by atoms with Gasteiger partial charge in [-0.05, 0) is 20.8 Å². The molecule has 0 unspecified atom stereocenters. The van der Waals surface area contributed by atoms with Gasteiger partial charge >= 0.3 is 0 Å². The summed E-state index contributed by atoms with van der Waals surface area (Å²) in [5.41, 5.74) is 0. The van der Waals surface area contributed by atoms with Crippen LogP contribution in [0.15, 0.2) is 0 Å². The number of carbonyl (C=O) groups excluding carboxylic acids is 1. The third-order valence-corrected chi connectivity index (χ3v) is 3.20. The molecule has 0 bridgehead atoms. The maximum Gasteiger partial charge on any atom is 0.248 e. The summed E-state index contributed by atoms with van der Waals surface area (Å²) in [5, 5.41) is 0. The van der Waals surface area contributed by atoms with Crippen molar-refractivity contribution in [3.63, 3.8) is 0 Å². The average molecular weight is 258 g/mol. The Morgan fingerprint density at radius 1 is 1.11 bits per heavy atom. The quantitative estimate of drug-likeness (QED) is 0.627. The number of nitrogens with zero attached hydrogens (tertiary/aromatic N) is 2. The first-order valence-electron chi connectivity index (χ1n) is 6.82. The van der Waals surface area contributed by atoms with Crippen molar-refractivity contribution in [1.29, 1.82) is 0 Å². The summed E-state index contributed by atoms with van der Waals surface area (Å²) >= 11 is 0. The van der Waals surface area contributed by atoms with Crippen molar-refractivity contribution in [3.05, 3.63) is 0 Å². The van der Waals surface area contributed by atoms with Gasteiger partial charge in [-0.2, -0.15) is 0 Å². The monoisotopic (exact) mass is 258 g/mol. The minimum Gasteiger partial charge on any atom is -0.379 e. The van der Waals surface area contributed by atoms with Crippen LogP contribution >= 0.6 is 0 Å². The lowest BCUT2D eigenvalue weighted by Crippen LogP contribution is -2.51. The van der Waals surface area contributed by atoms with Crippen LogP contribution in [0.3, 0.4) is 0 Å². The Labute approximate surface area is 110 Å². The predicted molar refractivity (Wildman–Crippen MR) is 70.6 cm³/mol. The average Bonchev–Trinajstić information content (AvgIpc) is 2.38. The summed E-state index contributed by atoms with van der Waals surface area (Å²) in [7, 11) is 0. The first-order valence-corrected chi connectivity index (χ1v) is 6.82. The summed E-state index contributed by atoms with van der Waals surface area (Å²) in [6.45, 7) is 11.8. The Morgan fingerprint density at radius 3 is 2.28 bits per heavy atom. The molecule has 0 aromatic heterocycles. The molecule has 1 amide bonds. The molecule has 0 radical (unpaired) electrons. The van der Waals surface area contributed by atoms with E-state index in [0.717, 1.165) is 26.2 Å². The van der Waals surface area contributed by atoms with Gasteiger partial charge in [-0.25, -0.2) is 0 Å². The maximum absolute atomic E-state index is 11.8. The molecule has 0 aliphatic carbocycles. The fourth-order valence-corrected chi connectivity index (χ4v) is 2.00. The second-order valence-corrected chi connectivity index (χ2v) is 4.76. The second-order valence-electron chi connectivity index (χ2n) is 4.76. The minimum absolute atomic E-state index is 0.0925. The van der Waals surface area contributed by atoms with Gasteiger partial charge in [-0.3, -0.25) is 9.69 Å². The fourth-order valence-electron chi connectivity index (χ4n) is 2.00. The molecular formula is C13H26N2O3. The highest BCUT2D eigenvalue weighted by Gasteiger charge is 2.22. The van der Waals surface area contributed by atoms with E-state index < -0.39 is 0 Å². The summed E-state index contributed by atoms with van der Waals surface area (Å²) in [5.74, 6) is 0.0925. The van der Waals surface area contributed by atoms with Crippen LogP contribution in [0.25, 0.3) is 0 Å². The highest BCUT2D eigenvalue weighted by Crippen LogP contribution is 2.06. The molecular weight excluding hydrogens is 232 g/mol. The van der Waals surface area contributed by atoms with E-state index in [2.05, 4.69) is 18.7 Å². The van der Waals surface area contributed by atoms with Crippen molar-refractivity contribution >= 4 is 5.91 Å². The van der Waals surface area contributed by atoms with Crippen LogP contribution in [-0.4, -0.2) is 74.4 Å². The van der Waals surface area contributed by atoms with Crippen LogP contribution in [0, 0.1) is 0 Å². The summed E-state index contributed by atoms with van der Waals surface area (Å²) in [6, 6.07) is 0.560. The molecule has 1 aliphatic heterocycles. The molecule has 0 N–H and O–H groups in total. The lowest BCUT2D eigenvalue weighted by molar-refractivity contribution is -0.138. The van der Waals surface area contributed by atoms with Gasteiger partial charge in [0.15, 0.2) is 0 Å². The van der Waals surface area contributed by atoms with E-state index in [9.17, 15) is 4.79 Å². The van der Waals surface area contributed by atoms with E-state index in [0.29, 0.717) is 25.9 Å². The molecule has 5 heteroatoms. The summed E-state index contributed by atoms with van der Waals surface area (Å²) < 4.78 is 10.4. The van der Waals surface area contributed by atoms with Crippen LogP contribution in [0.2, 0.25) is 0 Å². The molecule has 1 fully saturated rings. The zero-order chi connectivity index (χ0) is 13.4. The lowest BCUT2D eigenvalue weighted by atomic mass is 10.2. The van der Waals surface area contributed by atoms with Gasteiger partial charge < -0.3 is 14.4 Å². The fraction of sp³-hybridized carbons (Fsp3) is 0.923. The van der Waals surface area contributed by atoms with Crippen molar-refractivity contribution in [2.75, 3.05) is 52.6 Å². The third-order valence-electron chi connectivity index (χ3n) is 3.20. The molecule has 1 heterocycles. The van der Waals surface area contributed by atoms with Crippen molar-refractivity contribution < 1.29 is 14.3 Å². The molecule has 0 aromatic rings. The van der Waals surface area contributed by atoms with Crippen LogP contribution in [0.4, 0.5) is 0 Å². The Balaban J connectivity index is 2.12. The maximum atomic E-state index is 11.8. The first-order chi connectivity index (χ1) is 8.65. The Kier molecular flexibility index (Phi) is 7.23.